The summed E-state index contributed by atoms with van der Waals surface area (Å²) in [5.41, 5.74) is 4.63. The van der Waals surface area contributed by atoms with Gasteiger partial charge in [-0.15, -0.1) is 0 Å². The van der Waals surface area contributed by atoms with Crippen molar-refractivity contribution < 1.29 is 9.53 Å². The Labute approximate surface area is 162 Å². The Hall–Kier alpha value is -2.33. The topological polar surface area (TPSA) is 41.6 Å². The van der Waals surface area contributed by atoms with Gasteiger partial charge in [-0.25, -0.2) is 0 Å². The summed E-state index contributed by atoms with van der Waals surface area (Å²) in [6.45, 7) is 9.64. The van der Waals surface area contributed by atoms with E-state index in [1.807, 2.05) is 38.1 Å². The van der Waals surface area contributed by atoms with E-state index in [9.17, 15) is 4.79 Å². The number of carbonyl (C=O) groups excluding carboxylic acids is 1. The number of amides is 1. The van der Waals surface area contributed by atoms with Crippen molar-refractivity contribution >= 4 is 5.91 Å². The summed E-state index contributed by atoms with van der Waals surface area (Å²) in [6, 6.07) is 14.4. The molecule has 27 heavy (non-hydrogen) atoms. The van der Waals surface area contributed by atoms with Crippen molar-refractivity contribution in [2.45, 2.75) is 52.8 Å². The van der Waals surface area contributed by atoms with Gasteiger partial charge in [0.05, 0.1) is 0 Å². The van der Waals surface area contributed by atoms with Gasteiger partial charge >= 0.3 is 0 Å². The van der Waals surface area contributed by atoms with Crippen molar-refractivity contribution in [1.29, 1.82) is 0 Å². The maximum absolute atomic E-state index is 12.5. The van der Waals surface area contributed by atoms with Gasteiger partial charge in [-0.2, -0.15) is 0 Å². The fourth-order valence-electron chi connectivity index (χ4n) is 3.47. The molecule has 144 valence electrons. The van der Waals surface area contributed by atoms with Crippen LogP contribution in [0.2, 0.25) is 0 Å². The fourth-order valence-corrected chi connectivity index (χ4v) is 3.47. The Morgan fingerprint density at radius 3 is 2.56 bits per heavy atom. The molecule has 4 heteroatoms. The highest BCUT2D eigenvalue weighted by Crippen LogP contribution is 2.21. The third kappa shape index (κ3) is 5.33. The van der Waals surface area contributed by atoms with Gasteiger partial charge in [0.15, 0.2) is 6.10 Å². The second-order valence-corrected chi connectivity index (χ2v) is 7.50. The minimum absolute atomic E-state index is 0.0909. The Bertz CT molecular complexity index is 782. The Balaban J connectivity index is 1.57. The molecule has 1 N–H and O–H groups in total. The predicted octanol–water partition coefficient (Wildman–Crippen LogP) is 3.98. The summed E-state index contributed by atoms with van der Waals surface area (Å²) in [5.74, 6) is 0.680. The number of carbonyl (C=O) groups is 1. The van der Waals surface area contributed by atoms with Crippen molar-refractivity contribution in [1.82, 2.24) is 10.2 Å². The van der Waals surface area contributed by atoms with Crippen molar-refractivity contribution in [3.8, 4) is 5.75 Å². The minimum Gasteiger partial charge on any atom is -0.481 e. The third-order valence-corrected chi connectivity index (χ3v) is 5.18. The highest BCUT2D eigenvalue weighted by molar-refractivity contribution is 5.80. The monoisotopic (exact) mass is 366 g/mol. The number of rotatable bonds is 7. The molecule has 1 atom stereocenters. The van der Waals surface area contributed by atoms with E-state index in [2.05, 4.69) is 28.4 Å². The molecule has 3 rings (SSSR count). The Kier molecular flexibility index (Phi) is 6.51. The molecule has 1 aliphatic rings. The fraction of sp³-hybridized carbons (Fsp3) is 0.435. The molecule has 4 nitrogen and oxygen atoms in total. The number of ether oxygens (including phenoxy) is 1. The molecular formula is C23H30N2O2. The molecule has 0 aromatic heterocycles. The zero-order chi connectivity index (χ0) is 19.2. The number of nitrogens with one attached hydrogen (secondary N) is 1. The van der Waals surface area contributed by atoms with Crippen LogP contribution in [0.25, 0.3) is 0 Å². The standard InChI is InChI=1S/C23H30N2O2/c1-17-10-11-18(2)22(14-17)27-19(3)23(26)24-15-20-8-4-5-9-21(20)16-25-12-6-7-13-25/h4-5,8-11,14,19H,6-7,12-13,15-16H2,1-3H3,(H,24,26). The summed E-state index contributed by atoms with van der Waals surface area (Å²) in [6.07, 6.45) is 2.04. The quantitative estimate of drug-likeness (QED) is 0.806. The van der Waals surface area contributed by atoms with Crippen LogP contribution in [0.5, 0.6) is 5.75 Å². The molecule has 1 aliphatic heterocycles. The lowest BCUT2D eigenvalue weighted by molar-refractivity contribution is -0.127. The van der Waals surface area contributed by atoms with Gasteiger partial charge in [0, 0.05) is 13.1 Å². The number of benzene rings is 2. The summed E-state index contributed by atoms with van der Waals surface area (Å²) < 4.78 is 5.89. The summed E-state index contributed by atoms with van der Waals surface area (Å²) in [4.78, 5) is 15.0. The van der Waals surface area contributed by atoms with E-state index >= 15 is 0 Å². The van der Waals surface area contributed by atoms with E-state index < -0.39 is 6.10 Å². The van der Waals surface area contributed by atoms with Crippen LogP contribution in [0, 0.1) is 13.8 Å². The second kappa shape index (κ2) is 9.05. The van der Waals surface area contributed by atoms with Gasteiger partial charge in [-0.05, 0) is 75.0 Å². The van der Waals surface area contributed by atoms with Crippen LogP contribution in [-0.2, 0) is 17.9 Å². The average Bonchev–Trinajstić information content (AvgIpc) is 3.16. The second-order valence-electron chi connectivity index (χ2n) is 7.50. The van der Waals surface area contributed by atoms with Crippen molar-refractivity contribution in [2.75, 3.05) is 13.1 Å². The molecule has 1 unspecified atom stereocenters. The first-order chi connectivity index (χ1) is 13.0. The lowest BCUT2D eigenvalue weighted by Gasteiger charge is -2.19. The lowest BCUT2D eigenvalue weighted by Crippen LogP contribution is -2.36. The molecule has 1 amide bonds. The van der Waals surface area contributed by atoms with E-state index in [1.165, 1.54) is 37.1 Å². The van der Waals surface area contributed by atoms with Crippen LogP contribution in [0.15, 0.2) is 42.5 Å². The smallest absolute Gasteiger partial charge is 0.261 e. The summed E-state index contributed by atoms with van der Waals surface area (Å²) in [5, 5.41) is 3.04. The maximum Gasteiger partial charge on any atom is 0.261 e. The molecule has 0 bridgehead atoms. The number of likely N-dealkylation sites (tertiary alicyclic amines) is 1. The number of hydrogen-bond donors (Lipinski definition) is 1. The Morgan fingerprint density at radius 1 is 1.11 bits per heavy atom. The molecule has 2 aromatic rings. The molecule has 0 radical (unpaired) electrons. The maximum atomic E-state index is 12.5. The SMILES string of the molecule is Cc1ccc(C)c(OC(C)C(=O)NCc2ccccc2CN2CCCC2)c1. The summed E-state index contributed by atoms with van der Waals surface area (Å²) in [7, 11) is 0. The van der Waals surface area contributed by atoms with Crippen LogP contribution < -0.4 is 10.1 Å². The largest absolute Gasteiger partial charge is 0.481 e. The van der Waals surface area contributed by atoms with E-state index in [4.69, 9.17) is 4.74 Å². The predicted molar refractivity (Wildman–Crippen MR) is 109 cm³/mol. The average molecular weight is 367 g/mol. The normalized spacial score (nSPS) is 15.5. The number of aryl methyl sites for hydroxylation is 2. The van der Waals surface area contributed by atoms with E-state index in [0.717, 1.165) is 23.4 Å². The van der Waals surface area contributed by atoms with E-state index in [0.29, 0.717) is 6.54 Å². The van der Waals surface area contributed by atoms with Crippen LogP contribution in [0.1, 0.15) is 42.0 Å². The van der Waals surface area contributed by atoms with Crippen molar-refractivity contribution in [2.24, 2.45) is 0 Å². The summed E-state index contributed by atoms with van der Waals surface area (Å²) >= 11 is 0. The van der Waals surface area contributed by atoms with Gasteiger partial charge in [0.2, 0.25) is 0 Å². The van der Waals surface area contributed by atoms with Crippen LogP contribution in [-0.4, -0.2) is 30.0 Å². The van der Waals surface area contributed by atoms with Gasteiger partial charge in [0.25, 0.3) is 5.91 Å². The first-order valence-electron chi connectivity index (χ1n) is 9.83. The third-order valence-electron chi connectivity index (χ3n) is 5.18. The van der Waals surface area contributed by atoms with Crippen molar-refractivity contribution in [3.05, 3.63) is 64.7 Å². The lowest BCUT2D eigenvalue weighted by atomic mass is 10.1. The zero-order valence-electron chi connectivity index (χ0n) is 16.6. The molecule has 0 spiro atoms. The van der Waals surface area contributed by atoms with Crippen LogP contribution in [0.3, 0.4) is 0 Å². The minimum atomic E-state index is -0.531. The Morgan fingerprint density at radius 2 is 1.81 bits per heavy atom. The van der Waals surface area contributed by atoms with Crippen molar-refractivity contribution in [3.63, 3.8) is 0 Å². The number of hydrogen-bond acceptors (Lipinski definition) is 3. The molecular weight excluding hydrogens is 336 g/mol. The first kappa shape index (κ1) is 19.4. The van der Waals surface area contributed by atoms with Gasteiger partial charge < -0.3 is 10.1 Å². The molecule has 0 saturated carbocycles. The van der Waals surface area contributed by atoms with Crippen LogP contribution >= 0.6 is 0 Å². The highest BCUT2D eigenvalue weighted by atomic mass is 16.5. The van der Waals surface area contributed by atoms with Gasteiger partial charge in [-0.3, -0.25) is 9.69 Å². The van der Waals surface area contributed by atoms with Gasteiger partial charge in [0.1, 0.15) is 5.75 Å². The molecule has 1 heterocycles. The molecule has 1 saturated heterocycles. The van der Waals surface area contributed by atoms with E-state index in [-0.39, 0.29) is 5.91 Å². The van der Waals surface area contributed by atoms with Crippen LogP contribution in [0.4, 0.5) is 0 Å². The zero-order valence-corrected chi connectivity index (χ0v) is 16.6. The molecule has 1 fully saturated rings. The molecule has 0 aliphatic carbocycles. The first-order valence-corrected chi connectivity index (χ1v) is 9.83. The molecule has 2 aromatic carbocycles. The van der Waals surface area contributed by atoms with E-state index in [1.54, 1.807) is 6.92 Å². The van der Waals surface area contributed by atoms with Gasteiger partial charge in [-0.1, -0.05) is 36.4 Å². The number of nitrogens with zero attached hydrogens (tertiary/aromatic N) is 1. The highest BCUT2D eigenvalue weighted by Gasteiger charge is 2.17.